The fourth-order valence-corrected chi connectivity index (χ4v) is 6.95. The van der Waals surface area contributed by atoms with E-state index in [1.165, 1.54) is 29.5 Å². The lowest BCUT2D eigenvalue weighted by Gasteiger charge is -2.38. The average molecular weight is 582 g/mol. The van der Waals surface area contributed by atoms with Crippen LogP contribution in [0.3, 0.4) is 0 Å². The van der Waals surface area contributed by atoms with E-state index in [1.807, 2.05) is 40.0 Å². The minimum atomic E-state index is -0.554. The van der Waals surface area contributed by atoms with Gasteiger partial charge in [-0.1, -0.05) is 87.2 Å². The zero-order valence-corrected chi connectivity index (χ0v) is 27.0. The summed E-state index contributed by atoms with van der Waals surface area (Å²) in [5.74, 6) is 0. The third-order valence-corrected chi connectivity index (χ3v) is 8.90. The standard InChI is InChI=1S/C38H51N3O2/c1-8-23-38(26-31-19-13-14-20-32(31)35(38)40-36(42)43-37(5,6)7)24-22-28(3)33(9-2)39-27-29(4)41-25-16-15-21-34(41)30-17-11-10-12-18-30/h9-14,17-20,27,34-35H,3-4,8,15-16,21-26H2,1-2,5-7H3,(H,40,42)/b33-9-,39-27-/t34-,35-,38?/m1/s1. The lowest BCUT2D eigenvalue weighted by atomic mass is 9.72. The first-order chi connectivity index (χ1) is 20.6. The fraction of sp³-hybridized carbons (Fsp3) is 0.474. The Labute approximate surface area is 259 Å². The van der Waals surface area contributed by atoms with E-state index in [9.17, 15) is 4.79 Å². The van der Waals surface area contributed by atoms with Crippen LogP contribution in [0.25, 0.3) is 0 Å². The summed E-state index contributed by atoms with van der Waals surface area (Å²) >= 11 is 0. The topological polar surface area (TPSA) is 53.9 Å². The molecule has 2 aromatic carbocycles. The van der Waals surface area contributed by atoms with Crippen LogP contribution in [0, 0.1) is 5.41 Å². The largest absolute Gasteiger partial charge is 0.444 e. The Bertz CT molecular complexity index is 1340. The summed E-state index contributed by atoms with van der Waals surface area (Å²) in [6.07, 6.45) is 11.8. The second-order valence-corrected chi connectivity index (χ2v) is 13.2. The lowest BCUT2D eigenvalue weighted by molar-refractivity contribution is 0.0434. The van der Waals surface area contributed by atoms with Gasteiger partial charge >= 0.3 is 6.09 Å². The molecule has 1 saturated heterocycles. The summed E-state index contributed by atoms with van der Waals surface area (Å²) in [6, 6.07) is 19.4. The molecule has 0 spiro atoms. The van der Waals surface area contributed by atoms with E-state index in [0.29, 0.717) is 6.04 Å². The van der Waals surface area contributed by atoms with Gasteiger partial charge in [0.2, 0.25) is 0 Å². The van der Waals surface area contributed by atoms with E-state index in [1.54, 1.807) is 0 Å². The predicted molar refractivity (Wildman–Crippen MR) is 179 cm³/mol. The normalized spacial score (nSPS) is 22.3. The van der Waals surface area contributed by atoms with Crippen LogP contribution in [0.15, 0.2) is 95.8 Å². The second kappa shape index (κ2) is 14.2. The Hall–Kier alpha value is -3.60. The van der Waals surface area contributed by atoms with Crippen molar-refractivity contribution in [1.82, 2.24) is 10.2 Å². The van der Waals surface area contributed by atoms with Crippen molar-refractivity contribution in [1.29, 1.82) is 0 Å². The van der Waals surface area contributed by atoms with E-state index >= 15 is 0 Å². The van der Waals surface area contributed by atoms with Gasteiger partial charge in [0, 0.05) is 12.2 Å². The van der Waals surface area contributed by atoms with Gasteiger partial charge in [0.25, 0.3) is 0 Å². The molecule has 5 heteroatoms. The second-order valence-electron chi connectivity index (χ2n) is 13.2. The van der Waals surface area contributed by atoms with Crippen LogP contribution < -0.4 is 5.32 Å². The molecule has 4 rings (SSSR count). The lowest BCUT2D eigenvalue weighted by Crippen LogP contribution is -2.41. The molecule has 5 nitrogen and oxygen atoms in total. The van der Waals surface area contributed by atoms with Gasteiger partial charge in [0.1, 0.15) is 5.60 Å². The van der Waals surface area contributed by atoms with E-state index in [4.69, 9.17) is 9.73 Å². The third kappa shape index (κ3) is 8.07. The van der Waals surface area contributed by atoms with Crippen molar-refractivity contribution in [2.75, 3.05) is 6.54 Å². The van der Waals surface area contributed by atoms with Gasteiger partial charge in [0.15, 0.2) is 0 Å². The number of nitrogens with zero attached hydrogens (tertiary/aromatic N) is 2. The molecular weight excluding hydrogens is 530 g/mol. The summed E-state index contributed by atoms with van der Waals surface area (Å²) in [5.41, 5.74) is 6.00. The van der Waals surface area contributed by atoms with Gasteiger partial charge < -0.3 is 15.0 Å². The number of likely N-dealkylation sites (tertiary alicyclic amines) is 1. The molecule has 230 valence electrons. The van der Waals surface area contributed by atoms with Crippen molar-refractivity contribution in [3.63, 3.8) is 0 Å². The number of allylic oxidation sites excluding steroid dienone is 3. The summed E-state index contributed by atoms with van der Waals surface area (Å²) in [4.78, 5) is 20.3. The number of amides is 1. The molecule has 2 aromatic rings. The average Bonchev–Trinajstić information content (AvgIpc) is 3.28. The van der Waals surface area contributed by atoms with E-state index in [-0.39, 0.29) is 17.6 Å². The van der Waals surface area contributed by atoms with Gasteiger partial charge in [-0.15, -0.1) is 0 Å². The Morgan fingerprint density at radius 1 is 1.09 bits per heavy atom. The molecule has 1 aliphatic heterocycles. The highest BCUT2D eigenvalue weighted by molar-refractivity contribution is 5.78. The maximum atomic E-state index is 13.0. The van der Waals surface area contributed by atoms with E-state index < -0.39 is 5.60 Å². The summed E-state index contributed by atoms with van der Waals surface area (Å²) in [6.45, 7) is 19.8. The summed E-state index contributed by atoms with van der Waals surface area (Å²) in [5, 5.41) is 3.28. The highest BCUT2D eigenvalue weighted by atomic mass is 16.6. The van der Waals surface area contributed by atoms with E-state index in [0.717, 1.165) is 62.0 Å². The minimum absolute atomic E-state index is 0.113. The first kappa shape index (κ1) is 32.3. The van der Waals surface area contributed by atoms with Crippen LogP contribution in [0.1, 0.15) is 108 Å². The molecule has 1 heterocycles. The summed E-state index contributed by atoms with van der Waals surface area (Å²) < 4.78 is 5.70. The van der Waals surface area contributed by atoms with Crippen LogP contribution in [0.4, 0.5) is 4.79 Å². The van der Waals surface area contributed by atoms with Gasteiger partial charge in [-0.25, -0.2) is 4.79 Å². The first-order valence-corrected chi connectivity index (χ1v) is 16.0. The molecule has 1 amide bonds. The van der Waals surface area contributed by atoms with Crippen molar-refractivity contribution in [3.8, 4) is 0 Å². The number of nitrogens with one attached hydrogen (secondary N) is 1. The number of hydrogen-bond donors (Lipinski definition) is 1. The predicted octanol–water partition coefficient (Wildman–Crippen LogP) is 9.65. The van der Waals surface area contributed by atoms with Gasteiger partial charge in [-0.3, -0.25) is 4.99 Å². The molecule has 0 saturated carbocycles. The summed E-state index contributed by atoms with van der Waals surface area (Å²) in [7, 11) is 0. The number of ether oxygens (including phenoxy) is 1. The number of benzene rings is 2. The number of fused-ring (bicyclic) bond motifs is 1. The Balaban J connectivity index is 1.48. The zero-order valence-electron chi connectivity index (χ0n) is 27.0. The van der Waals surface area contributed by atoms with Crippen molar-refractivity contribution in [2.45, 2.75) is 104 Å². The zero-order chi connectivity index (χ0) is 31.0. The van der Waals surface area contributed by atoms with Gasteiger partial charge in [-0.05, 0) is 100 Å². The number of piperidine rings is 1. The molecule has 1 fully saturated rings. The van der Waals surface area contributed by atoms with E-state index in [2.05, 4.69) is 84.9 Å². The highest BCUT2D eigenvalue weighted by Gasteiger charge is 2.46. The number of rotatable bonds is 11. The third-order valence-electron chi connectivity index (χ3n) is 8.90. The first-order valence-electron chi connectivity index (χ1n) is 16.0. The van der Waals surface area contributed by atoms with Crippen molar-refractivity contribution in [2.24, 2.45) is 10.4 Å². The number of aliphatic imine (C=N–C) groups is 1. The van der Waals surface area contributed by atoms with Crippen LogP contribution >= 0.6 is 0 Å². The minimum Gasteiger partial charge on any atom is -0.444 e. The molecule has 2 aliphatic rings. The SMILES string of the molecule is C=C(CCC1(CCC)Cc2ccccc2[C@H]1NC(=O)OC(C)(C)C)C(=C/C)/N=C\C(=C)N1CCCC[C@@H]1c1ccccc1. The fourth-order valence-electron chi connectivity index (χ4n) is 6.95. The molecular formula is C38H51N3O2. The molecule has 0 bridgehead atoms. The maximum absolute atomic E-state index is 13.0. The van der Waals surface area contributed by atoms with Crippen LogP contribution in [-0.2, 0) is 11.2 Å². The maximum Gasteiger partial charge on any atom is 0.408 e. The number of hydrogen-bond acceptors (Lipinski definition) is 4. The quantitative estimate of drug-likeness (QED) is 0.212. The van der Waals surface area contributed by atoms with Gasteiger partial charge in [-0.2, -0.15) is 0 Å². The van der Waals surface area contributed by atoms with Crippen molar-refractivity contribution < 1.29 is 9.53 Å². The van der Waals surface area contributed by atoms with Crippen LogP contribution in [-0.4, -0.2) is 29.4 Å². The Kier molecular flexibility index (Phi) is 10.7. The molecule has 3 atom stereocenters. The molecule has 0 aromatic heterocycles. The Morgan fingerprint density at radius 3 is 2.51 bits per heavy atom. The highest BCUT2D eigenvalue weighted by Crippen LogP contribution is 2.52. The molecule has 1 N–H and O–H groups in total. The number of carbonyl (C=O) groups excluding carboxylic acids is 1. The van der Waals surface area contributed by atoms with Crippen molar-refractivity contribution >= 4 is 12.3 Å². The van der Waals surface area contributed by atoms with Crippen LogP contribution in [0.2, 0.25) is 0 Å². The molecule has 1 aliphatic carbocycles. The Morgan fingerprint density at radius 2 is 1.81 bits per heavy atom. The van der Waals surface area contributed by atoms with Gasteiger partial charge in [0.05, 0.1) is 24.0 Å². The van der Waals surface area contributed by atoms with Crippen molar-refractivity contribution in [3.05, 3.63) is 107 Å². The van der Waals surface area contributed by atoms with Crippen LogP contribution in [0.5, 0.6) is 0 Å². The molecule has 43 heavy (non-hydrogen) atoms. The number of alkyl carbamates (subject to hydrolysis) is 1. The smallest absolute Gasteiger partial charge is 0.408 e. The number of carbonyl (C=O) groups is 1. The molecule has 0 radical (unpaired) electrons. The monoisotopic (exact) mass is 581 g/mol. The molecule has 1 unspecified atom stereocenters.